The van der Waals surface area contributed by atoms with Crippen molar-refractivity contribution in [2.75, 3.05) is 4.72 Å². The Balaban J connectivity index is 1.91. The van der Waals surface area contributed by atoms with Crippen LogP contribution < -0.4 is 9.46 Å². The average molecular weight is 350 g/mol. The standard InChI is InChI=1S/C15H12ClN3O3S/c16-11-5-1-3-7-13(11)22-14-8-4-2-6-12(14)19-23(20,21)15-9-17-10-18-15/h1-10,19H,(H,17,18). The predicted molar refractivity (Wildman–Crippen MR) is 87.4 cm³/mol. The van der Waals surface area contributed by atoms with Gasteiger partial charge in [-0.3, -0.25) is 4.72 Å². The summed E-state index contributed by atoms with van der Waals surface area (Å²) in [6, 6.07) is 13.6. The number of nitrogens with one attached hydrogen (secondary N) is 2. The van der Waals surface area contributed by atoms with Gasteiger partial charge in [0.05, 0.1) is 23.2 Å². The van der Waals surface area contributed by atoms with Gasteiger partial charge in [0.25, 0.3) is 10.0 Å². The Morgan fingerprint density at radius 2 is 1.74 bits per heavy atom. The van der Waals surface area contributed by atoms with Crippen LogP contribution in [-0.2, 0) is 10.0 Å². The number of hydrogen-bond acceptors (Lipinski definition) is 4. The molecule has 0 bridgehead atoms. The Labute approximate surface area is 138 Å². The zero-order chi connectivity index (χ0) is 16.3. The molecule has 0 unspecified atom stereocenters. The number of benzene rings is 2. The molecule has 0 amide bonds. The van der Waals surface area contributed by atoms with Gasteiger partial charge in [-0.15, -0.1) is 0 Å². The lowest BCUT2D eigenvalue weighted by Crippen LogP contribution is -2.13. The zero-order valence-electron chi connectivity index (χ0n) is 11.7. The normalized spacial score (nSPS) is 11.2. The van der Waals surface area contributed by atoms with E-state index in [0.29, 0.717) is 22.2 Å². The van der Waals surface area contributed by atoms with Gasteiger partial charge in [-0.25, -0.2) is 4.98 Å². The summed E-state index contributed by atoms with van der Waals surface area (Å²) in [6.07, 6.45) is 2.51. The van der Waals surface area contributed by atoms with Crippen molar-refractivity contribution in [2.24, 2.45) is 0 Å². The van der Waals surface area contributed by atoms with Crippen LogP contribution in [0.3, 0.4) is 0 Å². The third kappa shape index (κ3) is 3.46. The van der Waals surface area contributed by atoms with Crippen LogP contribution in [0.2, 0.25) is 5.02 Å². The molecule has 0 aliphatic heterocycles. The largest absolute Gasteiger partial charge is 0.454 e. The number of aromatic amines is 1. The molecule has 0 aliphatic rings. The van der Waals surface area contributed by atoms with Gasteiger partial charge in [-0.2, -0.15) is 8.42 Å². The molecule has 3 aromatic rings. The lowest BCUT2D eigenvalue weighted by Gasteiger charge is -2.13. The van der Waals surface area contributed by atoms with E-state index in [1.54, 1.807) is 48.5 Å². The summed E-state index contributed by atoms with van der Waals surface area (Å²) in [5.74, 6) is 0.769. The number of halogens is 1. The highest BCUT2D eigenvalue weighted by Gasteiger charge is 2.18. The topological polar surface area (TPSA) is 84.1 Å². The highest BCUT2D eigenvalue weighted by Crippen LogP contribution is 2.34. The van der Waals surface area contributed by atoms with E-state index < -0.39 is 10.0 Å². The minimum Gasteiger partial charge on any atom is -0.454 e. The molecule has 6 nitrogen and oxygen atoms in total. The summed E-state index contributed by atoms with van der Waals surface area (Å²) in [6.45, 7) is 0. The second-order valence-electron chi connectivity index (χ2n) is 4.55. The highest BCUT2D eigenvalue weighted by atomic mass is 35.5. The van der Waals surface area contributed by atoms with Crippen molar-refractivity contribution < 1.29 is 13.2 Å². The van der Waals surface area contributed by atoms with Crippen LogP contribution in [0.5, 0.6) is 11.5 Å². The van der Waals surface area contributed by atoms with Gasteiger partial charge in [-0.1, -0.05) is 35.9 Å². The van der Waals surface area contributed by atoms with Crippen molar-refractivity contribution in [3.05, 3.63) is 66.1 Å². The number of nitrogens with zero attached hydrogens (tertiary/aromatic N) is 1. The van der Waals surface area contributed by atoms with E-state index >= 15 is 0 Å². The SMILES string of the molecule is O=S(=O)(Nc1ccccc1Oc1ccccc1Cl)c1cnc[nH]1. The van der Waals surface area contributed by atoms with Crippen LogP contribution in [-0.4, -0.2) is 18.4 Å². The van der Waals surface area contributed by atoms with Crippen molar-refractivity contribution in [3.8, 4) is 11.5 Å². The maximum Gasteiger partial charge on any atom is 0.279 e. The first-order chi connectivity index (χ1) is 11.1. The van der Waals surface area contributed by atoms with E-state index in [1.165, 1.54) is 12.5 Å². The molecule has 2 N–H and O–H groups in total. The van der Waals surface area contributed by atoms with Gasteiger partial charge in [0.15, 0.2) is 10.8 Å². The van der Waals surface area contributed by atoms with E-state index in [4.69, 9.17) is 16.3 Å². The molecule has 0 saturated carbocycles. The van der Waals surface area contributed by atoms with Crippen LogP contribution in [0.25, 0.3) is 0 Å². The number of aromatic nitrogens is 2. The quantitative estimate of drug-likeness (QED) is 0.736. The molecule has 23 heavy (non-hydrogen) atoms. The Kier molecular flexibility index (Phi) is 4.22. The number of sulfonamides is 1. The fourth-order valence-corrected chi connectivity index (χ4v) is 3.03. The number of anilines is 1. The van der Waals surface area contributed by atoms with Gasteiger partial charge in [0, 0.05) is 0 Å². The minimum atomic E-state index is -3.78. The summed E-state index contributed by atoms with van der Waals surface area (Å²) in [7, 11) is -3.78. The molecule has 1 heterocycles. The van der Waals surface area contributed by atoms with E-state index in [9.17, 15) is 8.42 Å². The second kappa shape index (κ2) is 6.31. The molecule has 3 rings (SSSR count). The number of ether oxygens (including phenoxy) is 1. The summed E-state index contributed by atoms with van der Waals surface area (Å²) >= 11 is 6.06. The number of H-pyrrole nitrogens is 1. The van der Waals surface area contributed by atoms with Crippen molar-refractivity contribution in [2.45, 2.75) is 5.03 Å². The Hall–Kier alpha value is -2.51. The van der Waals surface area contributed by atoms with Crippen LogP contribution in [0.4, 0.5) is 5.69 Å². The monoisotopic (exact) mass is 349 g/mol. The number of hydrogen-bond donors (Lipinski definition) is 2. The number of para-hydroxylation sites is 3. The second-order valence-corrected chi connectivity index (χ2v) is 6.61. The molecule has 8 heteroatoms. The van der Waals surface area contributed by atoms with Gasteiger partial charge in [-0.05, 0) is 24.3 Å². The predicted octanol–water partition coefficient (Wildman–Crippen LogP) is 3.66. The van der Waals surface area contributed by atoms with Crippen molar-refractivity contribution in [3.63, 3.8) is 0 Å². The Morgan fingerprint density at radius 3 is 2.43 bits per heavy atom. The lowest BCUT2D eigenvalue weighted by atomic mass is 10.3. The molecule has 0 spiro atoms. The fourth-order valence-electron chi connectivity index (χ4n) is 1.88. The third-order valence-electron chi connectivity index (χ3n) is 2.95. The van der Waals surface area contributed by atoms with Crippen LogP contribution in [0.15, 0.2) is 66.1 Å². The first-order valence-corrected chi connectivity index (χ1v) is 8.45. The summed E-state index contributed by atoms with van der Waals surface area (Å²) < 4.78 is 32.7. The summed E-state index contributed by atoms with van der Waals surface area (Å²) in [5, 5.41) is 0.392. The summed E-state index contributed by atoms with van der Waals surface area (Å²) in [4.78, 5) is 6.26. The average Bonchev–Trinajstić information content (AvgIpc) is 3.06. The summed E-state index contributed by atoms with van der Waals surface area (Å²) in [5.41, 5.74) is 0.294. The molecule has 0 saturated heterocycles. The van der Waals surface area contributed by atoms with Crippen molar-refractivity contribution >= 4 is 27.3 Å². The van der Waals surface area contributed by atoms with E-state index in [0.717, 1.165) is 0 Å². The Morgan fingerprint density at radius 1 is 1.04 bits per heavy atom. The molecule has 1 aromatic heterocycles. The molecular weight excluding hydrogens is 338 g/mol. The maximum atomic E-state index is 12.3. The van der Waals surface area contributed by atoms with Crippen molar-refractivity contribution in [1.82, 2.24) is 9.97 Å². The van der Waals surface area contributed by atoms with Crippen LogP contribution in [0, 0.1) is 0 Å². The highest BCUT2D eigenvalue weighted by molar-refractivity contribution is 7.92. The fraction of sp³-hybridized carbons (Fsp3) is 0. The molecular formula is C15H12ClN3O3S. The van der Waals surface area contributed by atoms with Gasteiger partial charge in [0.2, 0.25) is 0 Å². The first kappa shape index (κ1) is 15.4. The van der Waals surface area contributed by atoms with Crippen LogP contribution in [0.1, 0.15) is 0 Å². The molecule has 0 atom stereocenters. The number of imidazole rings is 1. The van der Waals surface area contributed by atoms with E-state index in [1.807, 2.05) is 0 Å². The van der Waals surface area contributed by atoms with E-state index in [-0.39, 0.29) is 5.03 Å². The first-order valence-electron chi connectivity index (χ1n) is 6.59. The smallest absolute Gasteiger partial charge is 0.279 e. The molecule has 0 radical (unpaired) electrons. The molecule has 0 fully saturated rings. The van der Waals surface area contributed by atoms with Gasteiger partial charge in [0.1, 0.15) is 5.75 Å². The zero-order valence-corrected chi connectivity index (χ0v) is 13.3. The third-order valence-corrected chi connectivity index (χ3v) is 4.55. The Bertz CT molecular complexity index is 911. The molecule has 2 aromatic carbocycles. The van der Waals surface area contributed by atoms with Crippen molar-refractivity contribution in [1.29, 1.82) is 0 Å². The molecule has 0 aliphatic carbocycles. The van der Waals surface area contributed by atoms with Crippen LogP contribution >= 0.6 is 11.6 Å². The number of rotatable bonds is 5. The van der Waals surface area contributed by atoms with Gasteiger partial charge < -0.3 is 9.72 Å². The lowest BCUT2D eigenvalue weighted by molar-refractivity contribution is 0.485. The van der Waals surface area contributed by atoms with E-state index in [2.05, 4.69) is 14.7 Å². The maximum absolute atomic E-state index is 12.3. The van der Waals surface area contributed by atoms with Gasteiger partial charge >= 0.3 is 0 Å². The minimum absolute atomic E-state index is 0.0370. The molecule has 118 valence electrons.